The molecule has 1 aromatic heterocycles. The Hall–Kier alpha value is -1.47. The number of benzene rings is 1. The molecule has 23 heavy (non-hydrogen) atoms. The molecule has 7 heteroatoms. The largest absolute Gasteiger partial charge is 0.307 e. The van der Waals surface area contributed by atoms with E-state index in [-0.39, 0.29) is 15.8 Å². The van der Waals surface area contributed by atoms with E-state index in [1.807, 2.05) is 0 Å². The summed E-state index contributed by atoms with van der Waals surface area (Å²) in [5.74, 6) is -0.779. The number of thiazole rings is 1. The number of rotatable bonds is 3. The molecule has 4 nitrogen and oxygen atoms in total. The van der Waals surface area contributed by atoms with Crippen molar-refractivity contribution in [2.45, 2.75) is 43.0 Å². The van der Waals surface area contributed by atoms with Crippen LogP contribution in [0.5, 0.6) is 0 Å². The van der Waals surface area contributed by atoms with Crippen LogP contribution in [0, 0.1) is 5.82 Å². The molecule has 0 atom stereocenters. The lowest BCUT2D eigenvalue weighted by molar-refractivity contribution is 0.352. The Balaban J connectivity index is 2.06. The third-order valence-corrected chi connectivity index (χ3v) is 6.16. The van der Waals surface area contributed by atoms with Crippen LogP contribution >= 0.6 is 11.3 Å². The summed E-state index contributed by atoms with van der Waals surface area (Å²) in [5.41, 5.74) is 1.21. The fourth-order valence-electron chi connectivity index (χ4n) is 3.17. The van der Waals surface area contributed by atoms with Crippen molar-refractivity contribution in [1.29, 1.82) is 0 Å². The van der Waals surface area contributed by atoms with E-state index in [1.54, 1.807) is 16.0 Å². The molecular weight excluding hydrogens is 337 g/mol. The molecule has 0 spiro atoms. The van der Waals surface area contributed by atoms with Crippen LogP contribution in [0.4, 0.5) is 4.39 Å². The van der Waals surface area contributed by atoms with Gasteiger partial charge in [-0.05, 0) is 25.0 Å². The minimum Gasteiger partial charge on any atom is -0.296 e. The summed E-state index contributed by atoms with van der Waals surface area (Å²) in [4.78, 5) is 11.9. The average Bonchev–Trinajstić information content (AvgIpc) is 2.88. The van der Waals surface area contributed by atoms with Crippen LogP contribution in [0.25, 0.3) is 11.3 Å². The lowest BCUT2D eigenvalue weighted by atomic mass is 9.95. The fraction of sp³-hybridized carbons (Fsp3) is 0.438. The first-order chi connectivity index (χ1) is 10.9. The van der Waals surface area contributed by atoms with E-state index in [0.717, 1.165) is 43.3 Å². The number of nitrogens with zero attached hydrogens (tertiary/aromatic N) is 1. The van der Waals surface area contributed by atoms with E-state index in [0.29, 0.717) is 11.3 Å². The van der Waals surface area contributed by atoms with Gasteiger partial charge in [0, 0.05) is 23.2 Å². The summed E-state index contributed by atoms with van der Waals surface area (Å²) >= 11 is 1.10. The van der Waals surface area contributed by atoms with Gasteiger partial charge in [-0.25, -0.2) is 12.8 Å². The number of hydrogen-bond acceptors (Lipinski definition) is 4. The molecule has 1 heterocycles. The van der Waals surface area contributed by atoms with Gasteiger partial charge in [0.05, 0.1) is 5.69 Å². The summed E-state index contributed by atoms with van der Waals surface area (Å²) in [6, 6.07) is 4.19. The second-order valence-electron chi connectivity index (χ2n) is 5.97. The summed E-state index contributed by atoms with van der Waals surface area (Å²) < 4.78 is 39.0. The number of hydrogen-bond donors (Lipinski definition) is 0. The van der Waals surface area contributed by atoms with Crippen molar-refractivity contribution in [2.75, 3.05) is 6.26 Å². The Kier molecular flexibility index (Phi) is 4.42. The zero-order chi connectivity index (χ0) is 16.6. The van der Waals surface area contributed by atoms with Gasteiger partial charge in [0.1, 0.15) is 10.7 Å². The zero-order valence-corrected chi connectivity index (χ0v) is 14.4. The Bertz CT molecular complexity index is 877. The van der Waals surface area contributed by atoms with Crippen LogP contribution in [0.2, 0.25) is 0 Å². The predicted molar refractivity (Wildman–Crippen MR) is 89.2 cm³/mol. The van der Waals surface area contributed by atoms with Gasteiger partial charge in [0.15, 0.2) is 9.84 Å². The van der Waals surface area contributed by atoms with Crippen LogP contribution in [-0.4, -0.2) is 19.2 Å². The van der Waals surface area contributed by atoms with Crippen LogP contribution < -0.4 is 4.87 Å². The quantitative estimate of drug-likeness (QED) is 0.845. The minimum absolute atomic E-state index is 0.0421. The molecule has 1 fully saturated rings. The average molecular weight is 355 g/mol. The molecule has 124 valence electrons. The lowest BCUT2D eigenvalue weighted by Gasteiger charge is -2.24. The molecule has 1 aromatic carbocycles. The highest BCUT2D eigenvalue weighted by Crippen LogP contribution is 2.33. The van der Waals surface area contributed by atoms with Gasteiger partial charge in [-0.1, -0.05) is 36.7 Å². The lowest BCUT2D eigenvalue weighted by Crippen LogP contribution is -2.22. The van der Waals surface area contributed by atoms with Crippen molar-refractivity contribution in [3.63, 3.8) is 0 Å². The summed E-state index contributed by atoms with van der Waals surface area (Å²) in [6.45, 7) is 0. The highest BCUT2D eigenvalue weighted by Gasteiger charge is 2.22. The molecular formula is C16H18FNO3S2. The van der Waals surface area contributed by atoms with Crippen LogP contribution in [0.3, 0.4) is 0 Å². The van der Waals surface area contributed by atoms with Gasteiger partial charge in [-0.3, -0.25) is 9.36 Å². The van der Waals surface area contributed by atoms with Crippen LogP contribution in [0.15, 0.2) is 33.3 Å². The van der Waals surface area contributed by atoms with Gasteiger partial charge in [0.25, 0.3) is 0 Å². The van der Waals surface area contributed by atoms with Crippen molar-refractivity contribution < 1.29 is 12.8 Å². The first-order valence-electron chi connectivity index (χ1n) is 7.58. The number of halogens is 1. The van der Waals surface area contributed by atoms with Gasteiger partial charge in [-0.15, -0.1) is 0 Å². The summed E-state index contributed by atoms with van der Waals surface area (Å²) in [7, 11) is -3.60. The predicted octanol–water partition coefficient (Wildman–Crippen LogP) is 3.62. The third kappa shape index (κ3) is 3.26. The first kappa shape index (κ1) is 16.4. The molecule has 0 bridgehead atoms. The molecule has 0 aliphatic heterocycles. The van der Waals surface area contributed by atoms with E-state index in [4.69, 9.17) is 0 Å². The molecule has 0 N–H and O–H groups in total. The van der Waals surface area contributed by atoms with Crippen molar-refractivity contribution in [3.05, 3.63) is 39.1 Å². The second-order valence-corrected chi connectivity index (χ2v) is 8.77. The zero-order valence-electron chi connectivity index (χ0n) is 12.8. The van der Waals surface area contributed by atoms with E-state index < -0.39 is 15.7 Å². The van der Waals surface area contributed by atoms with Gasteiger partial charge in [-0.2, -0.15) is 0 Å². The van der Waals surface area contributed by atoms with Crippen molar-refractivity contribution in [1.82, 2.24) is 4.57 Å². The SMILES string of the molecule is CS(=O)(=O)c1ccc(-c2csc(=O)n2C2CCCCC2)cc1F. The summed E-state index contributed by atoms with van der Waals surface area (Å²) in [6.07, 6.45) is 6.25. The monoisotopic (exact) mass is 355 g/mol. The smallest absolute Gasteiger partial charge is 0.296 e. The normalized spacial score (nSPS) is 16.6. The number of aromatic nitrogens is 1. The molecule has 3 rings (SSSR count). The maximum Gasteiger partial charge on any atom is 0.307 e. The molecule has 0 amide bonds. The van der Waals surface area contributed by atoms with Gasteiger partial charge >= 0.3 is 4.87 Å². The van der Waals surface area contributed by atoms with E-state index in [2.05, 4.69) is 0 Å². The van der Waals surface area contributed by atoms with E-state index >= 15 is 0 Å². The maximum atomic E-state index is 14.1. The van der Waals surface area contributed by atoms with Crippen molar-refractivity contribution >= 4 is 21.2 Å². The molecule has 0 unspecified atom stereocenters. The van der Waals surface area contributed by atoms with Gasteiger partial charge < -0.3 is 0 Å². The van der Waals surface area contributed by atoms with E-state index in [1.165, 1.54) is 18.6 Å². The highest BCUT2D eigenvalue weighted by molar-refractivity contribution is 7.90. The standard InChI is InChI=1S/C16H18FNO3S2/c1-23(20,21)15-8-7-11(9-13(15)17)14-10-22-16(19)18(14)12-5-3-2-4-6-12/h7-10,12H,2-6H2,1H3. The van der Waals surface area contributed by atoms with Gasteiger partial charge in [0.2, 0.25) is 0 Å². The Morgan fingerprint density at radius 1 is 1.22 bits per heavy atom. The minimum atomic E-state index is -3.60. The maximum absolute atomic E-state index is 14.1. The molecule has 2 aromatic rings. The van der Waals surface area contributed by atoms with Crippen molar-refractivity contribution in [2.24, 2.45) is 0 Å². The van der Waals surface area contributed by atoms with Crippen LogP contribution in [0.1, 0.15) is 38.1 Å². The topological polar surface area (TPSA) is 56.1 Å². The van der Waals surface area contributed by atoms with Crippen molar-refractivity contribution in [3.8, 4) is 11.3 Å². The first-order valence-corrected chi connectivity index (χ1v) is 10.3. The number of sulfone groups is 1. The Morgan fingerprint density at radius 3 is 2.52 bits per heavy atom. The Labute approximate surface area is 138 Å². The highest BCUT2D eigenvalue weighted by atomic mass is 32.2. The molecule has 0 radical (unpaired) electrons. The molecule has 0 saturated heterocycles. The fourth-order valence-corrected chi connectivity index (χ4v) is 4.72. The summed E-state index contributed by atoms with van der Waals surface area (Å²) in [5, 5.41) is 1.73. The second kappa shape index (κ2) is 6.20. The third-order valence-electron chi connectivity index (χ3n) is 4.29. The molecule has 1 aliphatic carbocycles. The van der Waals surface area contributed by atoms with E-state index in [9.17, 15) is 17.6 Å². The molecule has 1 saturated carbocycles. The molecule has 1 aliphatic rings. The Morgan fingerprint density at radius 2 is 1.91 bits per heavy atom. The van der Waals surface area contributed by atoms with Crippen LogP contribution in [-0.2, 0) is 9.84 Å².